The Bertz CT molecular complexity index is 443. The quantitative estimate of drug-likeness (QED) is 0.364. The van der Waals surface area contributed by atoms with Gasteiger partial charge in [0, 0.05) is 12.1 Å². The normalized spacial score (nSPS) is 9.88. The van der Waals surface area contributed by atoms with Crippen molar-refractivity contribution in [2.75, 3.05) is 12.3 Å². The van der Waals surface area contributed by atoms with Gasteiger partial charge in [0.2, 0.25) is 0 Å². The minimum Gasteiger partial charge on any atom is -0.493 e. The fourth-order valence-electron chi connectivity index (χ4n) is 1.29. The van der Waals surface area contributed by atoms with Crippen molar-refractivity contribution in [3.05, 3.63) is 27.8 Å². The smallest absolute Gasteiger partial charge is 0.293 e. The molecule has 1 rings (SSSR count). The van der Waals surface area contributed by atoms with Crippen molar-refractivity contribution in [3.63, 3.8) is 0 Å². The zero-order valence-corrected chi connectivity index (χ0v) is 9.02. The lowest BCUT2D eigenvalue weighted by Crippen LogP contribution is -2.04. The first kappa shape index (κ1) is 12.0. The molecule has 6 nitrogen and oxygen atoms in total. The minimum absolute atomic E-state index is 0.0153. The second kappa shape index (κ2) is 4.61. The molecule has 16 heavy (non-hydrogen) atoms. The number of nitrogen functional groups attached to an aromatic ring is 1. The van der Waals surface area contributed by atoms with Gasteiger partial charge in [-0.15, -0.1) is 0 Å². The van der Waals surface area contributed by atoms with Crippen LogP contribution in [0.25, 0.3) is 0 Å². The van der Waals surface area contributed by atoms with Crippen molar-refractivity contribution in [1.82, 2.24) is 0 Å². The highest BCUT2D eigenvalue weighted by Crippen LogP contribution is 2.30. The zero-order chi connectivity index (χ0) is 12.3. The summed E-state index contributed by atoms with van der Waals surface area (Å²) < 4.78 is 5.19. The lowest BCUT2D eigenvalue weighted by atomic mass is 10.1. The number of nitrogens with zero attached hydrogens (tertiary/aromatic N) is 1. The van der Waals surface area contributed by atoms with Gasteiger partial charge in [-0.05, 0) is 13.8 Å². The van der Waals surface area contributed by atoms with Gasteiger partial charge in [-0.25, -0.2) is 0 Å². The van der Waals surface area contributed by atoms with Crippen LogP contribution in [0.5, 0.6) is 5.75 Å². The highest BCUT2D eigenvalue weighted by atomic mass is 16.6. The average Bonchev–Trinajstić information content (AvgIpc) is 2.17. The molecular formula is C10H12N2O4. The van der Waals surface area contributed by atoms with Gasteiger partial charge < -0.3 is 10.5 Å². The van der Waals surface area contributed by atoms with Crippen LogP contribution in [0.2, 0.25) is 0 Å². The van der Waals surface area contributed by atoms with E-state index in [2.05, 4.69) is 0 Å². The van der Waals surface area contributed by atoms with E-state index in [1.54, 1.807) is 6.92 Å². The maximum atomic E-state index is 11.3. The van der Waals surface area contributed by atoms with Gasteiger partial charge in [0.05, 0.1) is 17.1 Å². The van der Waals surface area contributed by atoms with Crippen LogP contribution in [0.3, 0.4) is 0 Å². The summed E-state index contributed by atoms with van der Waals surface area (Å²) in [6.07, 6.45) is 0. The molecule has 0 aliphatic heterocycles. The summed E-state index contributed by atoms with van der Waals surface area (Å²) in [4.78, 5) is 21.3. The van der Waals surface area contributed by atoms with E-state index < -0.39 is 4.92 Å². The largest absolute Gasteiger partial charge is 0.493 e. The van der Waals surface area contributed by atoms with E-state index in [1.165, 1.54) is 13.0 Å². The molecule has 0 amide bonds. The van der Waals surface area contributed by atoms with Crippen LogP contribution >= 0.6 is 0 Å². The first-order valence-corrected chi connectivity index (χ1v) is 4.69. The molecular weight excluding hydrogens is 212 g/mol. The van der Waals surface area contributed by atoms with Crippen molar-refractivity contribution < 1.29 is 14.5 Å². The van der Waals surface area contributed by atoms with Gasteiger partial charge >= 0.3 is 0 Å². The maximum absolute atomic E-state index is 11.3. The van der Waals surface area contributed by atoms with Crippen LogP contribution in [0.4, 0.5) is 11.4 Å². The third kappa shape index (κ3) is 2.28. The SMILES string of the molecule is CCOc1cc(N)c([N+](=O)[O-])cc1C(C)=O. The van der Waals surface area contributed by atoms with E-state index in [9.17, 15) is 14.9 Å². The van der Waals surface area contributed by atoms with Crippen molar-refractivity contribution in [2.45, 2.75) is 13.8 Å². The molecule has 0 radical (unpaired) electrons. The number of ketones is 1. The number of rotatable bonds is 4. The van der Waals surface area contributed by atoms with Crippen molar-refractivity contribution in [1.29, 1.82) is 0 Å². The number of hydrogen-bond donors (Lipinski definition) is 1. The highest BCUT2D eigenvalue weighted by molar-refractivity contribution is 5.98. The van der Waals surface area contributed by atoms with Crippen LogP contribution < -0.4 is 10.5 Å². The Kier molecular flexibility index (Phi) is 3.44. The molecule has 0 unspecified atom stereocenters. The van der Waals surface area contributed by atoms with E-state index in [1.807, 2.05) is 0 Å². The van der Waals surface area contributed by atoms with E-state index in [-0.39, 0.29) is 28.5 Å². The molecule has 86 valence electrons. The van der Waals surface area contributed by atoms with E-state index in [0.29, 0.717) is 6.61 Å². The summed E-state index contributed by atoms with van der Waals surface area (Å²) in [7, 11) is 0. The standard InChI is InChI=1S/C10H12N2O4/c1-3-16-10-5-8(11)9(12(14)15)4-7(10)6(2)13/h4-5H,3,11H2,1-2H3. The van der Waals surface area contributed by atoms with Gasteiger partial charge in [0.25, 0.3) is 5.69 Å². The molecule has 0 fully saturated rings. The Balaban J connectivity index is 3.36. The Morgan fingerprint density at radius 2 is 2.19 bits per heavy atom. The number of nitro benzene ring substituents is 1. The number of carbonyl (C=O) groups is 1. The molecule has 0 spiro atoms. The molecule has 0 atom stereocenters. The molecule has 6 heteroatoms. The number of hydrogen-bond acceptors (Lipinski definition) is 5. The molecule has 1 aromatic carbocycles. The minimum atomic E-state index is -0.627. The molecule has 0 bridgehead atoms. The van der Waals surface area contributed by atoms with E-state index >= 15 is 0 Å². The van der Waals surface area contributed by atoms with Gasteiger partial charge in [0.15, 0.2) is 5.78 Å². The number of anilines is 1. The Morgan fingerprint density at radius 3 is 2.62 bits per heavy atom. The van der Waals surface area contributed by atoms with Gasteiger partial charge in [-0.2, -0.15) is 0 Å². The Morgan fingerprint density at radius 1 is 1.56 bits per heavy atom. The molecule has 0 saturated carbocycles. The van der Waals surface area contributed by atoms with Gasteiger partial charge in [-0.1, -0.05) is 0 Å². The second-order valence-electron chi connectivity index (χ2n) is 3.15. The summed E-state index contributed by atoms with van der Waals surface area (Å²) >= 11 is 0. The highest BCUT2D eigenvalue weighted by Gasteiger charge is 2.19. The lowest BCUT2D eigenvalue weighted by molar-refractivity contribution is -0.383. The number of nitrogens with two attached hydrogens (primary N) is 1. The van der Waals surface area contributed by atoms with Gasteiger partial charge in [0.1, 0.15) is 11.4 Å². The van der Waals surface area contributed by atoms with Crippen LogP contribution in [0.1, 0.15) is 24.2 Å². The second-order valence-corrected chi connectivity index (χ2v) is 3.15. The summed E-state index contributed by atoms with van der Waals surface area (Å²) in [5, 5.41) is 10.6. The molecule has 2 N–H and O–H groups in total. The van der Waals surface area contributed by atoms with Crippen LogP contribution in [-0.2, 0) is 0 Å². The predicted molar refractivity (Wildman–Crippen MR) is 58.7 cm³/mol. The molecule has 0 heterocycles. The predicted octanol–water partition coefficient (Wildman–Crippen LogP) is 1.78. The number of carbonyl (C=O) groups excluding carboxylic acids is 1. The summed E-state index contributed by atoms with van der Waals surface area (Å²) in [6.45, 7) is 3.43. The van der Waals surface area contributed by atoms with Crippen LogP contribution in [-0.4, -0.2) is 17.3 Å². The first-order valence-electron chi connectivity index (χ1n) is 4.69. The summed E-state index contributed by atoms with van der Waals surface area (Å²) in [6, 6.07) is 2.45. The fourth-order valence-corrected chi connectivity index (χ4v) is 1.29. The summed E-state index contributed by atoms with van der Waals surface area (Å²) in [5.41, 5.74) is 5.36. The molecule has 0 aliphatic carbocycles. The van der Waals surface area contributed by atoms with E-state index in [4.69, 9.17) is 10.5 Å². The number of benzene rings is 1. The Hall–Kier alpha value is -2.11. The first-order chi connectivity index (χ1) is 7.47. The van der Waals surface area contributed by atoms with Crippen molar-refractivity contribution in [3.8, 4) is 5.75 Å². The topological polar surface area (TPSA) is 95.5 Å². The van der Waals surface area contributed by atoms with Crippen molar-refractivity contribution >= 4 is 17.2 Å². The fraction of sp³-hybridized carbons (Fsp3) is 0.300. The molecule has 0 saturated heterocycles. The maximum Gasteiger partial charge on any atom is 0.293 e. The molecule has 0 aromatic heterocycles. The number of ether oxygens (including phenoxy) is 1. The van der Waals surface area contributed by atoms with Crippen molar-refractivity contribution in [2.24, 2.45) is 0 Å². The van der Waals surface area contributed by atoms with Crippen LogP contribution in [0, 0.1) is 10.1 Å². The third-order valence-corrected chi connectivity index (χ3v) is 2.00. The Labute approximate surface area is 92.2 Å². The monoisotopic (exact) mass is 224 g/mol. The average molecular weight is 224 g/mol. The zero-order valence-electron chi connectivity index (χ0n) is 9.02. The lowest BCUT2D eigenvalue weighted by Gasteiger charge is -2.08. The number of Topliss-reactive ketones (excluding diaryl/α,β-unsaturated/α-hetero) is 1. The van der Waals surface area contributed by atoms with Gasteiger partial charge in [-0.3, -0.25) is 14.9 Å². The van der Waals surface area contributed by atoms with Crippen LogP contribution in [0.15, 0.2) is 12.1 Å². The molecule has 0 aliphatic rings. The molecule has 1 aromatic rings. The number of nitro groups is 1. The summed E-state index contributed by atoms with van der Waals surface area (Å²) in [5.74, 6) is -0.0235. The third-order valence-electron chi connectivity index (χ3n) is 2.00. The van der Waals surface area contributed by atoms with E-state index in [0.717, 1.165) is 6.07 Å².